The summed E-state index contributed by atoms with van der Waals surface area (Å²) in [4.78, 5) is 0. The van der Waals surface area contributed by atoms with Crippen LogP contribution < -0.4 is 25.8 Å². The third-order valence-corrected chi connectivity index (χ3v) is 1.90. The molecule has 16 heavy (non-hydrogen) atoms. The van der Waals surface area contributed by atoms with Crippen molar-refractivity contribution >= 4 is 17.6 Å². The van der Waals surface area contributed by atoms with Gasteiger partial charge in [-0.1, -0.05) is 0 Å². The van der Waals surface area contributed by atoms with Gasteiger partial charge in [-0.3, -0.25) is 16.1 Å². The summed E-state index contributed by atoms with van der Waals surface area (Å²) >= 11 is 0. The zero-order valence-corrected chi connectivity index (χ0v) is 8.33. The molecule has 1 aromatic rings. The van der Waals surface area contributed by atoms with Crippen LogP contribution in [0.2, 0.25) is 0 Å². The molecule has 1 aliphatic heterocycles. The molecule has 0 unspecified atom stereocenters. The second kappa shape index (κ2) is 3.97. The fourth-order valence-electron chi connectivity index (χ4n) is 1.28. The quantitative estimate of drug-likeness (QED) is 0.344. The van der Waals surface area contributed by atoms with E-state index in [1.54, 1.807) is 18.2 Å². The van der Waals surface area contributed by atoms with E-state index < -0.39 is 0 Å². The Hall–Kier alpha value is -2.44. The van der Waals surface area contributed by atoms with E-state index >= 15 is 0 Å². The van der Waals surface area contributed by atoms with Crippen LogP contribution in [0.3, 0.4) is 0 Å². The normalized spacial score (nSPS) is 12.0. The molecule has 0 saturated heterocycles. The van der Waals surface area contributed by atoms with Gasteiger partial charge in [-0.15, -0.1) is 0 Å². The monoisotopic (exact) mass is 221 g/mol. The van der Waals surface area contributed by atoms with Gasteiger partial charge in [-0.2, -0.15) is 0 Å². The molecule has 2 rings (SSSR count). The lowest BCUT2D eigenvalue weighted by Gasteiger charge is -2.08. The van der Waals surface area contributed by atoms with Gasteiger partial charge in [0.2, 0.25) is 6.79 Å². The first-order valence-corrected chi connectivity index (χ1v) is 4.51. The van der Waals surface area contributed by atoms with E-state index in [9.17, 15) is 0 Å². The first-order chi connectivity index (χ1) is 7.65. The van der Waals surface area contributed by atoms with E-state index in [-0.39, 0.29) is 18.7 Å². The average molecular weight is 221 g/mol. The van der Waals surface area contributed by atoms with Crippen molar-refractivity contribution in [1.82, 2.24) is 5.32 Å². The van der Waals surface area contributed by atoms with Gasteiger partial charge in [-0.25, -0.2) is 0 Å². The number of rotatable bonds is 1. The Labute approximate surface area is 91.6 Å². The van der Waals surface area contributed by atoms with Crippen molar-refractivity contribution in [2.75, 3.05) is 12.1 Å². The number of hydrogen-bond acceptors (Lipinski definition) is 4. The zero-order valence-electron chi connectivity index (χ0n) is 8.33. The third kappa shape index (κ3) is 2.14. The molecule has 1 aromatic carbocycles. The maximum Gasteiger partial charge on any atom is 0.231 e. The third-order valence-electron chi connectivity index (χ3n) is 1.90. The Bertz CT molecular complexity index is 446. The standard InChI is InChI=1S/C9H11N5O2/c10-8(11)14-9(12)13-5-1-2-6-7(3-5)16-4-15-6/h1-3H,4H2,(H6,10,11,12,13,14). The summed E-state index contributed by atoms with van der Waals surface area (Å²) in [6, 6.07) is 5.19. The number of fused-ring (bicyclic) bond motifs is 1. The fourth-order valence-corrected chi connectivity index (χ4v) is 1.28. The SMILES string of the molecule is N=C(N)NC(=N)Nc1ccc2c(c1)OCO2. The highest BCUT2D eigenvalue weighted by atomic mass is 16.7. The predicted octanol–water partition coefficient (Wildman–Crippen LogP) is 0.245. The van der Waals surface area contributed by atoms with Gasteiger partial charge in [-0.05, 0) is 12.1 Å². The van der Waals surface area contributed by atoms with Crippen LogP contribution >= 0.6 is 0 Å². The van der Waals surface area contributed by atoms with E-state index in [0.717, 1.165) is 0 Å². The molecule has 0 radical (unpaired) electrons. The van der Waals surface area contributed by atoms with Crippen LogP contribution in [0, 0.1) is 10.8 Å². The Balaban J connectivity index is 2.05. The molecule has 0 atom stereocenters. The smallest absolute Gasteiger partial charge is 0.231 e. The van der Waals surface area contributed by atoms with Gasteiger partial charge < -0.3 is 20.5 Å². The van der Waals surface area contributed by atoms with Gasteiger partial charge in [0.25, 0.3) is 0 Å². The van der Waals surface area contributed by atoms with Crippen LogP contribution in [0.25, 0.3) is 0 Å². The lowest BCUT2D eigenvalue weighted by Crippen LogP contribution is -2.39. The number of nitrogens with two attached hydrogens (primary N) is 1. The summed E-state index contributed by atoms with van der Waals surface area (Å²) in [5.74, 6) is 0.932. The molecular weight excluding hydrogens is 210 g/mol. The highest BCUT2D eigenvalue weighted by Gasteiger charge is 2.13. The van der Waals surface area contributed by atoms with Crippen LogP contribution in [-0.2, 0) is 0 Å². The fraction of sp³-hybridized carbons (Fsp3) is 0.111. The predicted molar refractivity (Wildman–Crippen MR) is 59.0 cm³/mol. The van der Waals surface area contributed by atoms with Crippen molar-refractivity contribution in [2.45, 2.75) is 0 Å². The van der Waals surface area contributed by atoms with Crippen molar-refractivity contribution in [2.24, 2.45) is 5.73 Å². The van der Waals surface area contributed by atoms with E-state index in [1.165, 1.54) is 0 Å². The first-order valence-electron chi connectivity index (χ1n) is 4.51. The van der Waals surface area contributed by atoms with Gasteiger partial charge in [0, 0.05) is 11.8 Å². The van der Waals surface area contributed by atoms with E-state index in [2.05, 4.69) is 10.6 Å². The van der Waals surface area contributed by atoms with Crippen molar-refractivity contribution in [3.8, 4) is 11.5 Å². The molecule has 84 valence electrons. The summed E-state index contributed by atoms with van der Waals surface area (Å²) in [6.07, 6.45) is 0. The van der Waals surface area contributed by atoms with Crippen LogP contribution in [0.5, 0.6) is 11.5 Å². The molecular formula is C9H11N5O2. The summed E-state index contributed by atoms with van der Waals surface area (Å²) in [5, 5.41) is 19.4. The van der Waals surface area contributed by atoms with E-state index in [0.29, 0.717) is 17.2 Å². The molecule has 1 heterocycles. The minimum atomic E-state index is -0.293. The van der Waals surface area contributed by atoms with Crippen molar-refractivity contribution in [3.05, 3.63) is 18.2 Å². The summed E-state index contributed by atoms with van der Waals surface area (Å²) in [5.41, 5.74) is 5.74. The lowest BCUT2D eigenvalue weighted by molar-refractivity contribution is 0.174. The Kier molecular flexibility index (Phi) is 2.50. The largest absolute Gasteiger partial charge is 0.454 e. The summed E-state index contributed by atoms with van der Waals surface area (Å²) in [6.45, 7) is 0.210. The number of guanidine groups is 2. The molecule has 0 spiro atoms. The van der Waals surface area contributed by atoms with Crippen molar-refractivity contribution in [3.63, 3.8) is 0 Å². The minimum Gasteiger partial charge on any atom is -0.454 e. The summed E-state index contributed by atoms with van der Waals surface area (Å²) < 4.78 is 10.3. The Morgan fingerprint density at radius 3 is 2.75 bits per heavy atom. The van der Waals surface area contributed by atoms with Gasteiger partial charge >= 0.3 is 0 Å². The molecule has 0 aliphatic carbocycles. The van der Waals surface area contributed by atoms with E-state index in [4.69, 9.17) is 26.0 Å². The second-order valence-corrected chi connectivity index (χ2v) is 3.11. The Morgan fingerprint density at radius 1 is 1.25 bits per heavy atom. The van der Waals surface area contributed by atoms with Gasteiger partial charge in [0.05, 0.1) is 0 Å². The average Bonchev–Trinajstić information content (AvgIpc) is 2.63. The molecule has 1 aliphatic rings. The number of ether oxygens (including phenoxy) is 2. The number of benzene rings is 1. The highest BCUT2D eigenvalue weighted by molar-refractivity contribution is 6.02. The zero-order chi connectivity index (χ0) is 11.5. The molecule has 0 amide bonds. The summed E-state index contributed by atoms with van der Waals surface area (Å²) in [7, 11) is 0. The highest BCUT2D eigenvalue weighted by Crippen LogP contribution is 2.34. The second-order valence-electron chi connectivity index (χ2n) is 3.11. The molecule has 0 saturated carbocycles. The van der Waals surface area contributed by atoms with E-state index in [1.807, 2.05) is 0 Å². The van der Waals surface area contributed by atoms with Crippen LogP contribution in [-0.4, -0.2) is 18.7 Å². The van der Waals surface area contributed by atoms with Crippen molar-refractivity contribution < 1.29 is 9.47 Å². The molecule has 7 heteroatoms. The molecule has 0 aromatic heterocycles. The van der Waals surface area contributed by atoms with Crippen molar-refractivity contribution in [1.29, 1.82) is 10.8 Å². The first kappa shape index (κ1) is 10.1. The lowest BCUT2D eigenvalue weighted by atomic mass is 10.3. The Morgan fingerprint density at radius 2 is 2.00 bits per heavy atom. The minimum absolute atomic E-state index is 0.0774. The number of anilines is 1. The maximum atomic E-state index is 7.44. The van der Waals surface area contributed by atoms with Crippen LogP contribution in [0.4, 0.5) is 5.69 Å². The maximum absolute atomic E-state index is 7.44. The topological polar surface area (TPSA) is 116 Å². The molecule has 6 N–H and O–H groups in total. The van der Waals surface area contributed by atoms with Crippen LogP contribution in [0.1, 0.15) is 0 Å². The molecule has 7 nitrogen and oxygen atoms in total. The van der Waals surface area contributed by atoms with Gasteiger partial charge in [0.15, 0.2) is 23.4 Å². The van der Waals surface area contributed by atoms with Gasteiger partial charge in [0.1, 0.15) is 0 Å². The number of nitrogens with one attached hydrogen (secondary N) is 4. The molecule has 0 bridgehead atoms. The number of hydrogen-bond donors (Lipinski definition) is 5. The van der Waals surface area contributed by atoms with Crippen LogP contribution in [0.15, 0.2) is 18.2 Å². The molecule has 0 fully saturated rings.